The fourth-order valence-electron chi connectivity index (χ4n) is 1.22. The molecule has 1 N–H and O–H groups in total. The van der Waals surface area contributed by atoms with Gasteiger partial charge in [0.05, 0.1) is 0 Å². The zero-order valence-electron chi connectivity index (χ0n) is 8.01. The molecule has 1 aromatic carbocycles. The summed E-state index contributed by atoms with van der Waals surface area (Å²) in [5, 5.41) is 8.74. The van der Waals surface area contributed by atoms with Crippen molar-refractivity contribution in [2.45, 2.75) is 0 Å². The van der Waals surface area contributed by atoms with E-state index in [2.05, 4.69) is 0 Å². The molecule has 2 rings (SSSR count). The molecule has 0 aliphatic heterocycles. The summed E-state index contributed by atoms with van der Waals surface area (Å²) in [7, 11) is 0. The maximum atomic E-state index is 12.6. The second-order valence-corrected chi connectivity index (χ2v) is 4.06. The lowest BCUT2D eigenvalue weighted by atomic mass is 10.2. The number of aromatic carboxylic acids is 1. The smallest absolute Gasteiger partial charge is 0.345 e. The van der Waals surface area contributed by atoms with E-state index in [9.17, 15) is 9.18 Å². The van der Waals surface area contributed by atoms with Gasteiger partial charge in [0, 0.05) is 4.88 Å². The maximum Gasteiger partial charge on any atom is 0.345 e. The second kappa shape index (κ2) is 5.09. The van der Waals surface area contributed by atoms with Crippen molar-refractivity contribution in [2.75, 3.05) is 0 Å². The van der Waals surface area contributed by atoms with Crippen LogP contribution >= 0.6 is 23.7 Å². The Kier molecular flexibility index (Phi) is 4.04. The van der Waals surface area contributed by atoms with Crippen molar-refractivity contribution < 1.29 is 14.3 Å². The average molecular weight is 259 g/mol. The quantitative estimate of drug-likeness (QED) is 0.892. The Morgan fingerprint density at radius 2 is 1.75 bits per heavy atom. The molecule has 16 heavy (non-hydrogen) atoms. The molecule has 0 atom stereocenters. The van der Waals surface area contributed by atoms with E-state index in [1.807, 2.05) is 0 Å². The summed E-state index contributed by atoms with van der Waals surface area (Å²) >= 11 is 1.18. The highest BCUT2D eigenvalue weighted by Gasteiger charge is 2.07. The fraction of sp³-hybridized carbons (Fsp3) is 0. The third kappa shape index (κ3) is 2.59. The maximum absolute atomic E-state index is 12.6. The van der Waals surface area contributed by atoms with Crippen LogP contribution < -0.4 is 0 Å². The lowest BCUT2D eigenvalue weighted by molar-refractivity contribution is 0.0702. The lowest BCUT2D eigenvalue weighted by Gasteiger charge is -1.95. The molecule has 0 amide bonds. The molecule has 0 aliphatic carbocycles. The molecule has 2 nitrogen and oxygen atoms in total. The highest BCUT2D eigenvalue weighted by atomic mass is 35.5. The first-order valence-corrected chi connectivity index (χ1v) is 5.07. The van der Waals surface area contributed by atoms with Gasteiger partial charge in [0.15, 0.2) is 0 Å². The van der Waals surface area contributed by atoms with Crippen molar-refractivity contribution >= 4 is 29.7 Å². The number of halogens is 2. The summed E-state index contributed by atoms with van der Waals surface area (Å²) in [5.41, 5.74) is 0.828. The van der Waals surface area contributed by atoms with Crippen LogP contribution in [-0.2, 0) is 0 Å². The molecule has 0 radical (unpaired) electrons. The molecule has 0 aliphatic rings. The third-order valence-electron chi connectivity index (χ3n) is 1.95. The molecule has 0 unspecified atom stereocenters. The molecule has 1 aromatic heterocycles. The minimum atomic E-state index is -0.937. The highest BCUT2D eigenvalue weighted by Crippen LogP contribution is 2.27. The fourth-order valence-corrected chi connectivity index (χ4v) is 2.07. The summed E-state index contributed by atoms with van der Waals surface area (Å²) in [4.78, 5) is 11.8. The van der Waals surface area contributed by atoms with Gasteiger partial charge in [-0.1, -0.05) is 12.1 Å². The SMILES string of the molecule is Cl.O=C(O)c1ccc(-c2ccc(F)cc2)s1. The van der Waals surface area contributed by atoms with E-state index in [-0.39, 0.29) is 23.1 Å². The van der Waals surface area contributed by atoms with E-state index >= 15 is 0 Å². The van der Waals surface area contributed by atoms with Gasteiger partial charge in [-0.05, 0) is 29.8 Å². The minimum Gasteiger partial charge on any atom is -0.477 e. The van der Waals surface area contributed by atoms with Crippen LogP contribution in [0.3, 0.4) is 0 Å². The standard InChI is InChI=1S/C11H7FO2S.ClH/c12-8-3-1-7(2-4-8)9-5-6-10(15-9)11(13)14;/h1-6H,(H,13,14);1H. The predicted molar refractivity (Wildman–Crippen MR) is 63.9 cm³/mol. The van der Waals surface area contributed by atoms with Crippen molar-refractivity contribution in [3.63, 3.8) is 0 Å². The number of benzene rings is 1. The summed E-state index contributed by atoms with van der Waals surface area (Å²) < 4.78 is 12.6. The molecule has 2 aromatic rings. The Morgan fingerprint density at radius 3 is 2.25 bits per heavy atom. The molecule has 84 valence electrons. The van der Waals surface area contributed by atoms with Crippen molar-refractivity contribution in [3.05, 3.63) is 47.1 Å². The zero-order valence-corrected chi connectivity index (χ0v) is 9.65. The van der Waals surface area contributed by atoms with Gasteiger partial charge < -0.3 is 5.11 Å². The molecule has 0 saturated carbocycles. The predicted octanol–water partition coefficient (Wildman–Crippen LogP) is 3.67. The van der Waals surface area contributed by atoms with Crippen LogP contribution in [0, 0.1) is 5.82 Å². The van der Waals surface area contributed by atoms with Gasteiger partial charge in [-0.3, -0.25) is 0 Å². The molecular weight excluding hydrogens is 251 g/mol. The molecule has 1 heterocycles. The number of carboxylic acid groups (broad SMARTS) is 1. The van der Waals surface area contributed by atoms with Crippen LogP contribution in [0.15, 0.2) is 36.4 Å². The van der Waals surface area contributed by atoms with Gasteiger partial charge in [0.25, 0.3) is 0 Å². The summed E-state index contributed by atoms with van der Waals surface area (Å²) in [6.07, 6.45) is 0. The first kappa shape index (κ1) is 12.7. The van der Waals surface area contributed by atoms with Crippen LogP contribution in [0.25, 0.3) is 10.4 Å². The molecule has 0 saturated heterocycles. The first-order valence-electron chi connectivity index (χ1n) is 4.26. The van der Waals surface area contributed by atoms with E-state index in [1.165, 1.54) is 23.5 Å². The average Bonchev–Trinajstić information content (AvgIpc) is 2.68. The monoisotopic (exact) mass is 258 g/mol. The van der Waals surface area contributed by atoms with E-state index in [0.29, 0.717) is 0 Å². The number of hydrogen-bond acceptors (Lipinski definition) is 2. The second-order valence-electron chi connectivity index (χ2n) is 2.98. The Balaban J connectivity index is 0.00000128. The number of rotatable bonds is 2. The first-order chi connectivity index (χ1) is 7.16. The van der Waals surface area contributed by atoms with Crippen molar-refractivity contribution in [1.29, 1.82) is 0 Å². The molecular formula is C11H8ClFO2S. The molecule has 0 fully saturated rings. The van der Waals surface area contributed by atoms with Gasteiger partial charge in [0.2, 0.25) is 0 Å². The zero-order chi connectivity index (χ0) is 10.8. The number of thiophene rings is 1. The number of carbonyl (C=O) groups is 1. The normalized spacial score (nSPS) is 9.56. The largest absolute Gasteiger partial charge is 0.477 e. The van der Waals surface area contributed by atoms with Crippen molar-refractivity contribution in [2.24, 2.45) is 0 Å². The van der Waals surface area contributed by atoms with Crippen LogP contribution in [0.5, 0.6) is 0 Å². The molecule has 0 bridgehead atoms. The topological polar surface area (TPSA) is 37.3 Å². The summed E-state index contributed by atoms with van der Waals surface area (Å²) in [6.45, 7) is 0. The van der Waals surface area contributed by atoms with Gasteiger partial charge in [-0.15, -0.1) is 23.7 Å². The number of hydrogen-bond donors (Lipinski definition) is 1. The Morgan fingerprint density at radius 1 is 1.12 bits per heavy atom. The van der Waals surface area contributed by atoms with Crippen LogP contribution in [0.4, 0.5) is 4.39 Å². The van der Waals surface area contributed by atoms with Crippen LogP contribution in [0.2, 0.25) is 0 Å². The van der Waals surface area contributed by atoms with Crippen molar-refractivity contribution in [1.82, 2.24) is 0 Å². The Labute approximate surface area is 102 Å². The van der Waals surface area contributed by atoms with Crippen LogP contribution in [-0.4, -0.2) is 11.1 Å². The van der Waals surface area contributed by atoms with Crippen molar-refractivity contribution in [3.8, 4) is 10.4 Å². The van der Waals surface area contributed by atoms with Gasteiger partial charge in [-0.2, -0.15) is 0 Å². The van der Waals surface area contributed by atoms with E-state index in [1.54, 1.807) is 24.3 Å². The van der Waals surface area contributed by atoms with E-state index < -0.39 is 5.97 Å². The van der Waals surface area contributed by atoms with E-state index in [4.69, 9.17) is 5.11 Å². The third-order valence-corrected chi connectivity index (χ3v) is 3.07. The summed E-state index contributed by atoms with van der Waals surface area (Å²) in [5.74, 6) is -1.23. The highest BCUT2D eigenvalue weighted by molar-refractivity contribution is 7.17. The molecule has 0 spiro atoms. The molecule has 5 heteroatoms. The number of carboxylic acids is 1. The minimum absolute atomic E-state index is 0. The van der Waals surface area contributed by atoms with Gasteiger partial charge >= 0.3 is 5.97 Å². The Hall–Kier alpha value is -1.39. The Bertz CT molecular complexity index is 493. The summed E-state index contributed by atoms with van der Waals surface area (Å²) in [6, 6.07) is 9.25. The van der Waals surface area contributed by atoms with Gasteiger partial charge in [-0.25, -0.2) is 9.18 Å². The van der Waals surface area contributed by atoms with E-state index in [0.717, 1.165) is 10.4 Å². The lowest BCUT2D eigenvalue weighted by Crippen LogP contribution is -1.89. The van der Waals surface area contributed by atoms with Crippen LogP contribution in [0.1, 0.15) is 9.67 Å². The van der Waals surface area contributed by atoms with Gasteiger partial charge in [0.1, 0.15) is 10.7 Å².